The second kappa shape index (κ2) is 7.21. The fraction of sp³-hybridized carbons (Fsp3) is 0.444. The number of halogens is 2. The van der Waals surface area contributed by atoms with Gasteiger partial charge in [-0.25, -0.2) is 18.7 Å². The average molecular weight is 335 g/mol. The van der Waals surface area contributed by atoms with Crippen molar-refractivity contribution in [2.45, 2.75) is 39.7 Å². The van der Waals surface area contributed by atoms with Crippen LogP contribution in [0.2, 0.25) is 0 Å². The third-order valence-corrected chi connectivity index (χ3v) is 3.51. The van der Waals surface area contributed by atoms with Gasteiger partial charge >= 0.3 is 0 Å². The molecule has 0 aliphatic carbocycles. The molecule has 2 N–H and O–H groups in total. The Morgan fingerprint density at radius 2 is 1.96 bits per heavy atom. The molecule has 0 aliphatic rings. The maximum Gasteiger partial charge on any atom is 0.165 e. The Balaban J connectivity index is 2.21. The second-order valence-electron chi connectivity index (χ2n) is 6.79. The van der Waals surface area contributed by atoms with Crippen LogP contribution in [-0.2, 0) is 0 Å². The molecule has 2 aromatic rings. The van der Waals surface area contributed by atoms with E-state index in [0.29, 0.717) is 17.4 Å². The number of hydrogen-bond acceptors (Lipinski definition) is 4. The monoisotopic (exact) mass is 335 g/mol. The summed E-state index contributed by atoms with van der Waals surface area (Å²) in [5, 5.41) is 0. The van der Waals surface area contributed by atoms with Gasteiger partial charge in [-0.2, -0.15) is 0 Å². The predicted octanol–water partition coefficient (Wildman–Crippen LogP) is 3.87. The standard InChI is InChI=1S/C18H23F2N3O/c1-11(2)9-18(4,21)10-24-17-8-14(19)13(7-15(17)20)16-5-6-22-12(3)23-16/h5-8,11H,9-10,21H2,1-4H3/t18-/m0/s1. The molecule has 1 atom stereocenters. The molecule has 0 radical (unpaired) electrons. The number of benzene rings is 1. The Kier molecular flexibility index (Phi) is 5.49. The number of rotatable bonds is 6. The van der Waals surface area contributed by atoms with Gasteiger partial charge in [0.05, 0.1) is 5.69 Å². The summed E-state index contributed by atoms with van der Waals surface area (Å²) in [7, 11) is 0. The maximum absolute atomic E-state index is 14.3. The van der Waals surface area contributed by atoms with Crippen LogP contribution >= 0.6 is 0 Å². The summed E-state index contributed by atoms with van der Waals surface area (Å²) in [4.78, 5) is 8.06. The Morgan fingerprint density at radius 1 is 1.25 bits per heavy atom. The summed E-state index contributed by atoms with van der Waals surface area (Å²) in [6.45, 7) is 7.71. The predicted molar refractivity (Wildman–Crippen MR) is 89.7 cm³/mol. The van der Waals surface area contributed by atoms with Crippen molar-refractivity contribution in [1.29, 1.82) is 0 Å². The first-order valence-electron chi connectivity index (χ1n) is 7.89. The summed E-state index contributed by atoms with van der Waals surface area (Å²) in [5.41, 5.74) is 5.92. The van der Waals surface area contributed by atoms with Crippen molar-refractivity contribution < 1.29 is 13.5 Å². The molecular weight excluding hydrogens is 312 g/mol. The highest BCUT2D eigenvalue weighted by molar-refractivity contribution is 5.61. The largest absolute Gasteiger partial charge is 0.489 e. The van der Waals surface area contributed by atoms with Crippen LogP contribution in [0.25, 0.3) is 11.3 Å². The van der Waals surface area contributed by atoms with Gasteiger partial charge in [-0.3, -0.25) is 0 Å². The lowest BCUT2D eigenvalue weighted by atomic mass is 9.93. The van der Waals surface area contributed by atoms with E-state index in [-0.39, 0.29) is 17.9 Å². The van der Waals surface area contributed by atoms with E-state index in [0.717, 1.165) is 18.6 Å². The highest BCUT2D eigenvalue weighted by Gasteiger charge is 2.22. The van der Waals surface area contributed by atoms with Crippen LogP contribution in [0.1, 0.15) is 33.0 Å². The summed E-state index contributed by atoms with van der Waals surface area (Å²) < 4.78 is 34.0. The van der Waals surface area contributed by atoms with E-state index < -0.39 is 17.2 Å². The van der Waals surface area contributed by atoms with Gasteiger partial charge in [-0.1, -0.05) is 13.8 Å². The Morgan fingerprint density at radius 3 is 2.58 bits per heavy atom. The fourth-order valence-corrected chi connectivity index (χ4v) is 2.68. The van der Waals surface area contributed by atoms with Crippen molar-refractivity contribution in [3.63, 3.8) is 0 Å². The van der Waals surface area contributed by atoms with Crippen LogP contribution in [0.4, 0.5) is 8.78 Å². The highest BCUT2D eigenvalue weighted by Crippen LogP contribution is 2.28. The number of hydrogen-bond donors (Lipinski definition) is 1. The molecule has 130 valence electrons. The molecule has 0 saturated carbocycles. The quantitative estimate of drug-likeness (QED) is 0.870. The van der Waals surface area contributed by atoms with Gasteiger partial charge in [0.2, 0.25) is 0 Å². The van der Waals surface area contributed by atoms with E-state index >= 15 is 0 Å². The van der Waals surface area contributed by atoms with Crippen LogP contribution in [0.5, 0.6) is 5.75 Å². The second-order valence-corrected chi connectivity index (χ2v) is 6.79. The zero-order valence-electron chi connectivity index (χ0n) is 14.4. The van der Waals surface area contributed by atoms with Gasteiger partial charge < -0.3 is 10.5 Å². The summed E-state index contributed by atoms with van der Waals surface area (Å²) in [6.07, 6.45) is 2.22. The van der Waals surface area contributed by atoms with E-state index in [4.69, 9.17) is 10.5 Å². The molecule has 1 aromatic carbocycles. The minimum Gasteiger partial charge on any atom is -0.489 e. The Hall–Kier alpha value is -2.08. The van der Waals surface area contributed by atoms with Crippen molar-refractivity contribution in [1.82, 2.24) is 9.97 Å². The first kappa shape index (κ1) is 18.3. The van der Waals surface area contributed by atoms with Gasteiger partial charge in [-0.15, -0.1) is 0 Å². The smallest absolute Gasteiger partial charge is 0.165 e. The molecule has 0 saturated heterocycles. The number of aryl methyl sites for hydroxylation is 1. The number of ether oxygens (including phenoxy) is 1. The van der Waals surface area contributed by atoms with Crippen LogP contribution in [0.3, 0.4) is 0 Å². The summed E-state index contributed by atoms with van der Waals surface area (Å²) >= 11 is 0. The first-order chi connectivity index (χ1) is 11.2. The van der Waals surface area contributed by atoms with Crippen molar-refractivity contribution in [3.05, 3.63) is 41.9 Å². The van der Waals surface area contributed by atoms with E-state index in [9.17, 15) is 8.78 Å². The van der Waals surface area contributed by atoms with E-state index in [1.807, 2.05) is 20.8 Å². The number of nitrogens with zero attached hydrogens (tertiary/aromatic N) is 2. The molecule has 2 rings (SSSR count). The maximum atomic E-state index is 14.3. The molecule has 1 aromatic heterocycles. The van der Waals surface area contributed by atoms with Gasteiger partial charge in [0.1, 0.15) is 18.2 Å². The molecule has 4 nitrogen and oxygen atoms in total. The molecule has 24 heavy (non-hydrogen) atoms. The third kappa shape index (κ3) is 4.71. The van der Waals surface area contributed by atoms with Gasteiger partial charge in [0.25, 0.3) is 0 Å². The first-order valence-corrected chi connectivity index (χ1v) is 7.89. The molecule has 0 bridgehead atoms. The Labute approximate surface area is 141 Å². The molecule has 0 aliphatic heterocycles. The molecule has 0 unspecified atom stereocenters. The highest BCUT2D eigenvalue weighted by atomic mass is 19.1. The van der Waals surface area contributed by atoms with Crippen LogP contribution in [-0.4, -0.2) is 22.1 Å². The zero-order valence-corrected chi connectivity index (χ0v) is 14.4. The Bertz CT molecular complexity index is 717. The lowest BCUT2D eigenvalue weighted by molar-refractivity contribution is 0.199. The molecule has 6 heteroatoms. The molecule has 0 spiro atoms. The number of nitrogens with two attached hydrogens (primary N) is 1. The third-order valence-electron chi connectivity index (χ3n) is 3.51. The van der Waals surface area contributed by atoms with E-state index in [1.165, 1.54) is 12.3 Å². The van der Waals surface area contributed by atoms with Crippen molar-refractivity contribution in [2.24, 2.45) is 11.7 Å². The lowest BCUT2D eigenvalue weighted by Crippen LogP contribution is -2.43. The van der Waals surface area contributed by atoms with Crippen LogP contribution in [0, 0.1) is 24.5 Å². The fourth-order valence-electron chi connectivity index (χ4n) is 2.68. The van der Waals surface area contributed by atoms with Gasteiger partial charge in [-0.05, 0) is 38.3 Å². The molecular formula is C18H23F2N3O. The van der Waals surface area contributed by atoms with E-state index in [1.54, 1.807) is 6.92 Å². The number of aromatic nitrogens is 2. The van der Waals surface area contributed by atoms with Crippen molar-refractivity contribution >= 4 is 0 Å². The summed E-state index contributed by atoms with van der Waals surface area (Å²) in [6, 6.07) is 3.65. The zero-order chi connectivity index (χ0) is 17.9. The van der Waals surface area contributed by atoms with Crippen LogP contribution in [0.15, 0.2) is 24.4 Å². The normalized spacial score (nSPS) is 13.8. The SMILES string of the molecule is Cc1nccc(-c2cc(F)c(OC[C@@](C)(N)CC(C)C)cc2F)n1. The van der Waals surface area contributed by atoms with Gasteiger partial charge in [0.15, 0.2) is 11.6 Å². The minimum atomic E-state index is -0.650. The van der Waals surface area contributed by atoms with Crippen molar-refractivity contribution in [3.8, 4) is 17.0 Å². The van der Waals surface area contributed by atoms with Gasteiger partial charge in [0, 0.05) is 23.4 Å². The average Bonchev–Trinajstić information content (AvgIpc) is 2.46. The topological polar surface area (TPSA) is 61.0 Å². The summed E-state index contributed by atoms with van der Waals surface area (Å²) in [5.74, 6) is -0.536. The molecule has 0 amide bonds. The lowest BCUT2D eigenvalue weighted by Gasteiger charge is -2.26. The molecule has 1 heterocycles. The molecule has 0 fully saturated rings. The van der Waals surface area contributed by atoms with Crippen molar-refractivity contribution in [2.75, 3.05) is 6.61 Å². The minimum absolute atomic E-state index is 0.0723. The van der Waals surface area contributed by atoms with Crippen LogP contribution < -0.4 is 10.5 Å². The van der Waals surface area contributed by atoms with E-state index in [2.05, 4.69) is 9.97 Å².